The Kier molecular flexibility index (Phi) is 7.47. The van der Waals surface area contributed by atoms with Crippen molar-refractivity contribution in [2.75, 3.05) is 20.3 Å². The van der Waals surface area contributed by atoms with E-state index < -0.39 is 0 Å². The van der Waals surface area contributed by atoms with Crippen LogP contribution in [-0.4, -0.2) is 26.3 Å². The average Bonchev–Trinajstić information content (AvgIpc) is 2.81. The number of nitrogens with one attached hydrogen (secondary N) is 1. The van der Waals surface area contributed by atoms with Crippen LogP contribution in [0.25, 0.3) is 0 Å². The number of aryl methyl sites for hydroxylation is 1. The average molecular weight is 241 g/mol. The summed E-state index contributed by atoms with van der Waals surface area (Å²) in [6.45, 7) is 3.78. The van der Waals surface area contributed by atoms with Crippen LogP contribution in [0.15, 0.2) is 16.8 Å². The largest absolute Gasteiger partial charge is 0.382 e. The van der Waals surface area contributed by atoms with Gasteiger partial charge in [-0.1, -0.05) is 0 Å². The normalized spacial score (nSPS) is 12.9. The van der Waals surface area contributed by atoms with Crippen LogP contribution in [0.2, 0.25) is 0 Å². The molecule has 0 aliphatic carbocycles. The second kappa shape index (κ2) is 8.74. The Morgan fingerprint density at radius 3 is 2.94 bits per heavy atom. The lowest BCUT2D eigenvalue weighted by Gasteiger charge is -2.15. The summed E-state index contributed by atoms with van der Waals surface area (Å²) in [5, 5.41) is 7.78. The minimum absolute atomic E-state index is 0.625. The van der Waals surface area contributed by atoms with Crippen LogP contribution in [0.3, 0.4) is 0 Å². The lowest BCUT2D eigenvalue weighted by Crippen LogP contribution is -2.26. The highest BCUT2D eigenvalue weighted by atomic mass is 32.1. The third-order valence-electron chi connectivity index (χ3n) is 2.82. The van der Waals surface area contributed by atoms with E-state index in [0.29, 0.717) is 6.04 Å². The SMILES string of the molecule is CCOCCCC(CCc1ccsc1)NC. The Balaban J connectivity index is 2.11. The number of ether oxygens (including phenoxy) is 1. The first-order chi connectivity index (χ1) is 7.86. The van der Waals surface area contributed by atoms with Gasteiger partial charge in [-0.05, 0) is 62.0 Å². The van der Waals surface area contributed by atoms with Crippen molar-refractivity contribution in [3.05, 3.63) is 22.4 Å². The smallest absolute Gasteiger partial charge is 0.0466 e. The first kappa shape index (κ1) is 13.7. The predicted octanol–water partition coefficient (Wildman–Crippen LogP) is 3.09. The van der Waals surface area contributed by atoms with Gasteiger partial charge in [0.15, 0.2) is 0 Å². The van der Waals surface area contributed by atoms with E-state index in [4.69, 9.17) is 4.74 Å². The van der Waals surface area contributed by atoms with Crippen LogP contribution in [0.1, 0.15) is 31.7 Å². The molecule has 2 nitrogen and oxygen atoms in total. The standard InChI is InChI=1S/C13H23NOS/c1-3-15-9-4-5-13(14-2)7-6-12-8-10-16-11-12/h8,10-11,13-14H,3-7,9H2,1-2H3. The molecule has 1 aromatic heterocycles. The summed E-state index contributed by atoms with van der Waals surface area (Å²) >= 11 is 1.78. The summed E-state index contributed by atoms with van der Waals surface area (Å²) in [4.78, 5) is 0. The molecule has 16 heavy (non-hydrogen) atoms. The summed E-state index contributed by atoms with van der Waals surface area (Å²) < 4.78 is 5.35. The van der Waals surface area contributed by atoms with E-state index in [-0.39, 0.29) is 0 Å². The van der Waals surface area contributed by atoms with Gasteiger partial charge in [-0.15, -0.1) is 0 Å². The molecule has 0 spiro atoms. The molecule has 1 atom stereocenters. The van der Waals surface area contributed by atoms with Gasteiger partial charge in [0.25, 0.3) is 0 Å². The van der Waals surface area contributed by atoms with Crippen LogP contribution >= 0.6 is 11.3 Å². The Morgan fingerprint density at radius 1 is 1.44 bits per heavy atom. The van der Waals surface area contributed by atoms with Crippen molar-refractivity contribution >= 4 is 11.3 Å². The highest BCUT2D eigenvalue weighted by molar-refractivity contribution is 7.07. The molecular weight excluding hydrogens is 218 g/mol. The second-order valence-electron chi connectivity index (χ2n) is 4.00. The molecule has 0 aliphatic heterocycles. The number of thiophene rings is 1. The molecule has 1 unspecified atom stereocenters. The van der Waals surface area contributed by atoms with Gasteiger partial charge in [0.05, 0.1) is 0 Å². The van der Waals surface area contributed by atoms with Crippen molar-refractivity contribution in [3.63, 3.8) is 0 Å². The molecule has 0 aliphatic rings. The molecule has 1 aromatic rings. The zero-order valence-electron chi connectivity index (χ0n) is 10.4. The predicted molar refractivity (Wildman–Crippen MR) is 71.2 cm³/mol. The maximum absolute atomic E-state index is 5.35. The molecule has 0 fully saturated rings. The molecule has 1 N–H and O–H groups in total. The second-order valence-corrected chi connectivity index (χ2v) is 4.78. The molecule has 3 heteroatoms. The van der Waals surface area contributed by atoms with Crippen molar-refractivity contribution in [1.82, 2.24) is 5.32 Å². The molecule has 1 heterocycles. The minimum Gasteiger partial charge on any atom is -0.382 e. The number of hydrogen-bond donors (Lipinski definition) is 1. The van der Waals surface area contributed by atoms with Gasteiger partial charge in [-0.25, -0.2) is 0 Å². The first-order valence-electron chi connectivity index (χ1n) is 6.13. The molecular formula is C13H23NOS. The molecule has 0 bridgehead atoms. The van der Waals surface area contributed by atoms with Gasteiger partial charge in [0.2, 0.25) is 0 Å². The van der Waals surface area contributed by atoms with Crippen LogP contribution in [-0.2, 0) is 11.2 Å². The summed E-state index contributed by atoms with van der Waals surface area (Å²) in [5.41, 5.74) is 1.47. The summed E-state index contributed by atoms with van der Waals surface area (Å²) in [6, 6.07) is 2.85. The highest BCUT2D eigenvalue weighted by Gasteiger charge is 2.06. The molecule has 0 amide bonds. The molecule has 0 saturated heterocycles. The van der Waals surface area contributed by atoms with Crippen molar-refractivity contribution in [2.24, 2.45) is 0 Å². The van der Waals surface area contributed by atoms with Crippen LogP contribution in [0.4, 0.5) is 0 Å². The monoisotopic (exact) mass is 241 g/mol. The topological polar surface area (TPSA) is 21.3 Å². The van der Waals surface area contributed by atoms with Crippen LogP contribution < -0.4 is 5.32 Å². The van der Waals surface area contributed by atoms with Crippen molar-refractivity contribution < 1.29 is 4.74 Å². The Labute approximate surface area is 103 Å². The molecule has 92 valence electrons. The van der Waals surface area contributed by atoms with Crippen molar-refractivity contribution in [1.29, 1.82) is 0 Å². The Bertz CT molecular complexity index is 248. The first-order valence-corrected chi connectivity index (χ1v) is 7.07. The zero-order chi connectivity index (χ0) is 11.6. The maximum atomic E-state index is 5.35. The number of rotatable bonds is 9. The van der Waals surface area contributed by atoms with Crippen LogP contribution in [0.5, 0.6) is 0 Å². The molecule has 0 saturated carbocycles. The van der Waals surface area contributed by atoms with E-state index in [1.165, 1.54) is 24.8 Å². The van der Waals surface area contributed by atoms with Gasteiger partial charge in [-0.2, -0.15) is 11.3 Å². The van der Waals surface area contributed by atoms with Gasteiger partial charge in [0, 0.05) is 19.3 Å². The Hall–Kier alpha value is -0.380. The zero-order valence-corrected chi connectivity index (χ0v) is 11.2. The molecule has 0 aromatic carbocycles. The van der Waals surface area contributed by atoms with Crippen LogP contribution in [0, 0.1) is 0 Å². The fraction of sp³-hybridized carbons (Fsp3) is 0.692. The van der Waals surface area contributed by atoms with E-state index in [9.17, 15) is 0 Å². The summed E-state index contributed by atoms with van der Waals surface area (Å²) in [5.74, 6) is 0. The van der Waals surface area contributed by atoms with Gasteiger partial charge in [0.1, 0.15) is 0 Å². The quantitative estimate of drug-likeness (QED) is 0.671. The number of hydrogen-bond acceptors (Lipinski definition) is 3. The lowest BCUT2D eigenvalue weighted by atomic mass is 10.0. The fourth-order valence-corrected chi connectivity index (χ4v) is 2.49. The van der Waals surface area contributed by atoms with Gasteiger partial charge < -0.3 is 10.1 Å². The minimum atomic E-state index is 0.625. The third-order valence-corrected chi connectivity index (χ3v) is 3.55. The van der Waals surface area contributed by atoms with Crippen molar-refractivity contribution in [2.45, 2.75) is 38.6 Å². The van der Waals surface area contributed by atoms with E-state index in [2.05, 4.69) is 29.2 Å². The lowest BCUT2D eigenvalue weighted by molar-refractivity contribution is 0.140. The summed E-state index contributed by atoms with van der Waals surface area (Å²) in [7, 11) is 2.05. The molecule has 0 radical (unpaired) electrons. The third kappa shape index (κ3) is 5.64. The maximum Gasteiger partial charge on any atom is 0.0466 e. The van der Waals surface area contributed by atoms with Gasteiger partial charge in [-0.3, -0.25) is 0 Å². The van der Waals surface area contributed by atoms with E-state index in [1.807, 2.05) is 6.92 Å². The Morgan fingerprint density at radius 2 is 2.31 bits per heavy atom. The van der Waals surface area contributed by atoms with E-state index >= 15 is 0 Å². The van der Waals surface area contributed by atoms with E-state index in [1.54, 1.807) is 11.3 Å². The highest BCUT2D eigenvalue weighted by Crippen LogP contribution is 2.11. The van der Waals surface area contributed by atoms with Gasteiger partial charge >= 0.3 is 0 Å². The van der Waals surface area contributed by atoms with E-state index in [0.717, 1.165) is 19.6 Å². The molecule has 1 rings (SSSR count). The van der Waals surface area contributed by atoms with Crippen molar-refractivity contribution in [3.8, 4) is 0 Å². The summed E-state index contributed by atoms with van der Waals surface area (Å²) in [6.07, 6.45) is 4.77. The fourth-order valence-electron chi connectivity index (χ4n) is 1.78.